The van der Waals surface area contributed by atoms with Crippen LogP contribution in [0.5, 0.6) is 0 Å². The summed E-state index contributed by atoms with van der Waals surface area (Å²) in [6.07, 6.45) is 5.82. The summed E-state index contributed by atoms with van der Waals surface area (Å²) >= 11 is 0. The molecule has 0 amide bonds. The van der Waals surface area contributed by atoms with Crippen molar-refractivity contribution in [3.05, 3.63) is 47.6 Å². The summed E-state index contributed by atoms with van der Waals surface area (Å²) in [5.41, 5.74) is 2.89. The summed E-state index contributed by atoms with van der Waals surface area (Å²) in [7, 11) is 5.65. The fourth-order valence-electron chi connectivity index (χ4n) is 1.21. The molecule has 1 nitrogen and oxygen atoms in total. The van der Waals surface area contributed by atoms with Gasteiger partial charge < -0.3 is 5.32 Å². The molecule has 12 heavy (non-hydrogen) atoms. The van der Waals surface area contributed by atoms with Gasteiger partial charge in [-0.25, -0.2) is 0 Å². The summed E-state index contributed by atoms with van der Waals surface area (Å²) in [5.74, 6) is 0. The van der Waals surface area contributed by atoms with E-state index in [-0.39, 0.29) is 0 Å². The molecule has 1 aromatic carbocycles. The Kier molecular flexibility index (Phi) is 1.74. The average molecular weight is 153 g/mol. The molecule has 0 aromatic heterocycles. The van der Waals surface area contributed by atoms with Gasteiger partial charge in [0.25, 0.3) is 0 Å². The third kappa shape index (κ3) is 1.28. The zero-order chi connectivity index (χ0) is 8.39. The highest BCUT2D eigenvalue weighted by atomic mass is 14.9. The monoisotopic (exact) mass is 153 g/mol. The van der Waals surface area contributed by atoms with Crippen molar-refractivity contribution in [3.8, 4) is 0 Å². The van der Waals surface area contributed by atoms with E-state index in [0.717, 1.165) is 11.3 Å². The van der Waals surface area contributed by atoms with Crippen molar-refractivity contribution >= 4 is 19.6 Å². The number of nitrogens with one attached hydrogen (secondary N) is 1. The maximum atomic E-state index is 5.65. The van der Waals surface area contributed by atoms with Gasteiger partial charge in [-0.05, 0) is 17.2 Å². The van der Waals surface area contributed by atoms with E-state index in [4.69, 9.17) is 7.85 Å². The molecule has 0 bridgehead atoms. The molecule has 1 aliphatic heterocycles. The normalized spacial score (nSPS) is 14.2. The molecule has 0 unspecified atom stereocenters. The van der Waals surface area contributed by atoms with Crippen LogP contribution in [0.1, 0.15) is 5.56 Å². The van der Waals surface area contributed by atoms with Gasteiger partial charge in [0.2, 0.25) is 0 Å². The van der Waals surface area contributed by atoms with Crippen LogP contribution in [0.25, 0.3) is 6.08 Å². The van der Waals surface area contributed by atoms with E-state index in [1.807, 2.05) is 42.5 Å². The van der Waals surface area contributed by atoms with Crippen molar-refractivity contribution in [1.82, 2.24) is 0 Å². The molecule has 0 atom stereocenters. The van der Waals surface area contributed by atoms with Gasteiger partial charge in [-0.3, -0.25) is 0 Å². The van der Waals surface area contributed by atoms with Gasteiger partial charge in [-0.15, -0.1) is 0 Å². The molecule has 1 N–H and O–H groups in total. The van der Waals surface area contributed by atoms with Crippen LogP contribution in [0.2, 0.25) is 0 Å². The average Bonchev–Trinajstić information content (AvgIpc) is 2.25. The molecule has 1 aliphatic rings. The van der Waals surface area contributed by atoms with Gasteiger partial charge in [0.15, 0.2) is 0 Å². The van der Waals surface area contributed by atoms with Gasteiger partial charge in [-0.1, -0.05) is 36.4 Å². The van der Waals surface area contributed by atoms with Crippen LogP contribution in [-0.2, 0) is 0 Å². The fourth-order valence-corrected chi connectivity index (χ4v) is 1.21. The number of rotatable bonds is 0. The van der Waals surface area contributed by atoms with Gasteiger partial charge in [-0.2, -0.15) is 0 Å². The molecule has 1 heterocycles. The lowest BCUT2D eigenvalue weighted by Crippen LogP contribution is -1.98. The Morgan fingerprint density at radius 2 is 2.00 bits per heavy atom. The van der Waals surface area contributed by atoms with Crippen LogP contribution in [0.4, 0.5) is 5.69 Å². The van der Waals surface area contributed by atoms with Crippen LogP contribution >= 0.6 is 0 Å². The van der Waals surface area contributed by atoms with E-state index in [9.17, 15) is 0 Å². The second-order valence-corrected chi connectivity index (χ2v) is 2.69. The van der Waals surface area contributed by atoms with Crippen molar-refractivity contribution in [2.24, 2.45) is 0 Å². The minimum absolute atomic E-state index is 0.677. The van der Waals surface area contributed by atoms with E-state index in [1.165, 1.54) is 0 Å². The van der Waals surface area contributed by atoms with Crippen LogP contribution in [-0.4, -0.2) is 7.85 Å². The third-order valence-corrected chi connectivity index (χ3v) is 1.79. The standard InChI is InChI=1S/C10H8BN/c11-10-7-3-5-8-4-1-2-6-9(8)12-10/h1-7,12H. The Morgan fingerprint density at radius 1 is 1.17 bits per heavy atom. The second kappa shape index (κ2) is 2.90. The van der Waals surface area contributed by atoms with Crippen LogP contribution in [0.3, 0.4) is 0 Å². The molecule has 0 fully saturated rings. The van der Waals surface area contributed by atoms with Crippen LogP contribution in [0.15, 0.2) is 42.0 Å². The van der Waals surface area contributed by atoms with Crippen molar-refractivity contribution in [3.63, 3.8) is 0 Å². The Balaban J connectivity index is 2.49. The van der Waals surface area contributed by atoms with E-state index in [1.54, 1.807) is 0 Å². The lowest BCUT2D eigenvalue weighted by Gasteiger charge is -2.07. The fraction of sp³-hybridized carbons (Fsp3) is 0. The van der Waals surface area contributed by atoms with Gasteiger partial charge >= 0.3 is 0 Å². The molecular weight excluding hydrogens is 145 g/mol. The Hall–Kier alpha value is -1.44. The molecule has 0 saturated carbocycles. The second-order valence-electron chi connectivity index (χ2n) is 2.69. The molecule has 2 radical (unpaired) electrons. The topological polar surface area (TPSA) is 12.0 Å². The van der Waals surface area contributed by atoms with Crippen molar-refractivity contribution < 1.29 is 0 Å². The molecule has 56 valence electrons. The lowest BCUT2D eigenvalue weighted by atomic mass is 10.0. The Bertz CT molecular complexity index is 353. The molecule has 2 heteroatoms. The number of anilines is 1. The van der Waals surface area contributed by atoms with Crippen molar-refractivity contribution in [1.29, 1.82) is 0 Å². The highest BCUT2D eigenvalue weighted by Gasteiger charge is 1.99. The van der Waals surface area contributed by atoms with E-state index in [2.05, 4.69) is 5.32 Å². The first kappa shape index (κ1) is 7.23. The summed E-state index contributed by atoms with van der Waals surface area (Å²) < 4.78 is 0. The van der Waals surface area contributed by atoms with Gasteiger partial charge in [0.1, 0.15) is 7.85 Å². The first-order valence-corrected chi connectivity index (χ1v) is 3.86. The Morgan fingerprint density at radius 3 is 2.92 bits per heavy atom. The number of hydrogen-bond donors (Lipinski definition) is 1. The summed E-state index contributed by atoms with van der Waals surface area (Å²) in [6, 6.07) is 8.04. The summed E-state index contributed by atoms with van der Waals surface area (Å²) in [5, 5.41) is 3.10. The number of para-hydroxylation sites is 1. The van der Waals surface area contributed by atoms with E-state index >= 15 is 0 Å². The minimum atomic E-state index is 0.677. The SMILES string of the molecule is [B]C1=CC=Cc2ccccc2N1. The lowest BCUT2D eigenvalue weighted by molar-refractivity contribution is 1.54. The molecule has 1 aromatic rings. The number of hydrogen-bond acceptors (Lipinski definition) is 1. The minimum Gasteiger partial charge on any atom is -0.368 e. The predicted molar refractivity (Wildman–Crippen MR) is 52.9 cm³/mol. The Labute approximate surface area is 73.2 Å². The smallest absolute Gasteiger partial charge is 0.138 e. The van der Waals surface area contributed by atoms with Gasteiger partial charge in [0.05, 0.1) is 0 Å². The maximum absolute atomic E-state index is 5.65. The van der Waals surface area contributed by atoms with E-state index < -0.39 is 0 Å². The molecule has 2 rings (SSSR count). The molecular formula is C10H8BN. The van der Waals surface area contributed by atoms with Crippen LogP contribution < -0.4 is 5.32 Å². The molecule has 0 spiro atoms. The number of allylic oxidation sites excluding steroid dienone is 2. The first-order chi connectivity index (χ1) is 5.86. The zero-order valence-electron chi connectivity index (χ0n) is 6.62. The molecule has 0 aliphatic carbocycles. The highest BCUT2D eigenvalue weighted by Crippen LogP contribution is 2.19. The zero-order valence-corrected chi connectivity index (χ0v) is 6.62. The highest BCUT2D eigenvalue weighted by molar-refractivity contribution is 6.23. The number of benzene rings is 1. The largest absolute Gasteiger partial charge is 0.368 e. The van der Waals surface area contributed by atoms with Crippen molar-refractivity contribution in [2.75, 3.05) is 5.32 Å². The maximum Gasteiger partial charge on any atom is 0.138 e. The summed E-state index contributed by atoms with van der Waals surface area (Å²) in [6.45, 7) is 0. The summed E-state index contributed by atoms with van der Waals surface area (Å²) in [4.78, 5) is 0. The predicted octanol–water partition coefficient (Wildman–Crippen LogP) is 2.14. The first-order valence-electron chi connectivity index (χ1n) is 3.86. The van der Waals surface area contributed by atoms with E-state index in [0.29, 0.717) is 5.60 Å². The number of fused-ring (bicyclic) bond motifs is 1. The third-order valence-electron chi connectivity index (χ3n) is 1.79. The van der Waals surface area contributed by atoms with Gasteiger partial charge in [0, 0.05) is 5.69 Å². The van der Waals surface area contributed by atoms with Crippen LogP contribution in [0, 0.1) is 0 Å². The van der Waals surface area contributed by atoms with Crippen molar-refractivity contribution in [2.45, 2.75) is 0 Å². The molecule has 0 saturated heterocycles. The quantitative estimate of drug-likeness (QED) is 0.563.